The number of benzene rings is 1. The van der Waals surface area contributed by atoms with Crippen molar-refractivity contribution in [2.75, 3.05) is 24.5 Å². The van der Waals surface area contributed by atoms with E-state index in [0.29, 0.717) is 41.8 Å². The first-order valence-corrected chi connectivity index (χ1v) is 9.27. The molecule has 144 valence electrons. The molecule has 2 aliphatic rings. The number of rotatable bonds is 2. The highest BCUT2D eigenvalue weighted by Crippen LogP contribution is 2.35. The molecule has 2 fully saturated rings. The summed E-state index contributed by atoms with van der Waals surface area (Å²) in [6.07, 6.45) is 1.24. The summed E-state index contributed by atoms with van der Waals surface area (Å²) in [6, 6.07) is 5.07. The maximum Gasteiger partial charge on any atom is 0.239 e. The zero-order valence-electron chi connectivity index (χ0n) is 14.9. The van der Waals surface area contributed by atoms with Gasteiger partial charge in [-0.2, -0.15) is 0 Å². The normalized spacial score (nSPS) is 25.2. The summed E-state index contributed by atoms with van der Waals surface area (Å²) in [4.78, 5) is 29.1. The van der Waals surface area contributed by atoms with Gasteiger partial charge in [-0.3, -0.25) is 9.59 Å². The SMILES string of the molecule is CC1(C)CN(C(=O)C2CCN(c3cc(Cl)ccc3Cl)C2=O)CCC1N.Cl. The van der Waals surface area contributed by atoms with Crippen LogP contribution in [0, 0.1) is 11.3 Å². The first-order valence-electron chi connectivity index (χ1n) is 8.51. The van der Waals surface area contributed by atoms with E-state index < -0.39 is 5.92 Å². The average molecular weight is 421 g/mol. The van der Waals surface area contributed by atoms with Gasteiger partial charge in [0.2, 0.25) is 11.8 Å². The maximum atomic E-state index is 12.9. The van der Waals surface area contributed by atoms with E-state index in [4.69, 9.17) is 28.9 Å². The molecule has 0 radical (unpaired) electrons. The van der Waals surface area contributed by atoms with Gasteiger partial charge in [-0.05, 0) is 36.5 Å². The van der Waals surface area contributed by atoms with Gasteiger partial charge in [-0.15, -0.1) is 12.4 Å². The van der Waals surface area contributed by atoms with Gasteiger partial charge in [0.05, 0.1) is 10.7 Å². The highest BCUT2D eigenvalue weighted by molar-refractivity contribution is 6.36. The van der Waals surface area contributed by atoms with Crippen molar-refractivity contribution in [3.05, 3.63) is 28.2 Å². The Balaban J connectivity index is 0.00000243. The summed E-state index contributed by atoms with van der Waals surface area (Å²) in [7, 11) is 0. The van der Waals surface area contributed by atoms with Gasteiger partial charge in [0.1, 0.15) is 5.92 Å². The lowest BCUT2D eigenvalue weighted by Gasteiger charge is -2.43. The molecule has 0 spiro atoms. The van der Waals surface area contributed by atoms with Crippen molar-refractivity contribution in [3.8, 4) is 0 Å². The second-order valence-electron chi connectivity index (χ2n) is 7.57. The highest BCUT2D eigenvalue weighted by Gasteiger charge is 2.43. The lowest BCUT2D eigenvalue weighted by atomic mass is 9.79. The lowest BCUT2D eigenvalue weighted by molar-refractivity contribution is -0.142. The van der Waals surface area contributed by atoms with Crippen LogP contribution in [0.25, 0.3) is 0 Å². The van der Waals surface area contributed by atoms with Crippen LogP contribution in [0.3, 0.4) is 0 Å². The first-order chi connectivity index (χ1) is 11.7. The van der Waals surface area contributed by atoms with Crippen LogP contribution in [0.1, 0.15) is 26.7 Å². The average Bonchev–Trinajstić information content (AvgIpc) is 2.93. The van der Waals surface area contributed by atoms with Crippen LogP contribution < -0.4 is 10.6 Å². The van der Waals surface area contributed by atoms with Crippen molar-refractivity contribution in [2.24, 2.45) is 17.1 Å². The smallest absolute Gasteiger partial charge is 0.239 e. The predicted octanol–water partition coefficient (Wildman–Crippen LogP) is 3.35. The quantitative estimate of drug-likeness (QED) is 0.746. The van der Waals surface area contributed by atoms with Crippen LogP contribution in [-0.2, 0) is 9.59 Å². The zero-order chi connectivity index (χ0) is 18.4. The third-order valence-corrected chi connectivity index (χ3v) is 5.88. The van der Waals surface area contributed by atoms with Crippen LogP contribution in [-0.4, -0.2) is 42.4 Å². The molecule has 2 aliphatic heterocycles. The van der Waals surface area contributed by atoms with Crippen LogP contribution in [0.5, 0.6) is 0 Å². The van der Waals surface area contributed by atoms with Crippen LogP contribution in [0.2, 0.25) is 10.0 Å². The van der Waals surface area contributed by atoms with Crippen molar-refractivity contribution in [2.45, 2.75) is 32.7 Å². The molecule has 0 aromatic heterocycles. The molecule has 2 amide bonds. The third-order valence-electron chi connectivity index (χ3n) is 5.33. The summed E-state index contributed by atoms with van der Waals surface area (Å²) in [6.45, 7) is 5.77. The summed E-state index contributed by atoms with van der Waals surface area (Å²) >= 11 is 12.2. The Morgan fingerprint density at radius 3 is 2.58 bits per heavy atom. The standard InChI is InChI=1S/C18H23Cl2N3O2.ClH/c1-18(2)10-22(7-6-15(18)21)16(24)12-5-8-23(17(12)25)14-9-11(19)3-4-13(14)20;/h3-4,9,12,15H,5-8,10,21H2,1-2H3;1H. The Bertz CT molecular complexity index is 711. The molecule has 8 heteroatoms. The predicted molar refractivity (Wildman–Crippen MR) is 107 cm³/mol. The van der Waals surface area contributed by atoms with Gasteiger partial charge >= 0.3 is 0 Å². The van der Waals surface area contributed by atoms with E-state index in [0.717, 1.165) is 6.42 Å². The van der Waals surface area contributed by atoms with E-state index in [1.54, 1.807) is 28.0 Å². The van der Waals surface area contributed by atoms with E-state index in [2.05, 4.69) is 13.8 Å². The molecule has 5 nitrogen and oxygen atoms in total. The largest absolute Gasteiger partial charge is 0.341 e. The first kappa shape index (κ1) is 21.3. The van der Waals surface area contributed by atoms with Crippen molar-refractivity contribution >= 4 is 53.1 Å². The Labute approximate surface area is 170 Å². The molecular formula is C18H24Cl3N3O2. The number of nitrogens with zero attached hydrogens (tertiary/aromatic N) is 2. The highest BCUT2D eigenvalue weighted by atomic mass is 35.5. The molecule has 3 rings (SSSR count). The number of halogens is 3. The number of hydrogen-bond donors (Lipinski definition) is 1. The molecule has 2 heterocycles. The fourth-order valence-electron chi connectivity index (χ4n) is 3.62. The zero-order valence-corrected chi connectivity index (χ0v) is 17.2. The van der Waals surface area contributed by atoms with Crippen LogP contribution >= 0.6 is 35.6 Å². The summed E-state index contributed by atoms with van der Waals surface area (Å²) in [5.41, 5.74) is 6.56. The van der Waals surface area contributed by atoms with Gasteiger partial charge in [0.25, 0.3) is 0 Å². The molecule has 0 aliphatic carbocycles. The molecule has 2 N–H and O–H groups in total. The fraction of sp³-hybridized carbons (Fsp3) is 0.556. The summed E-state index contributed by atoms with van der Waals surface area (Å²) in [5, 5.41) is 0.963. The van der Waals surface area contributed by atoms with E-state index in [1.807, 2.05) is 0 Å². The fourth-order valence-corrected chi connectivity index (χ4v) is 4.01. The number of anilines is 1. The number of nitrogens with two attached hydrogens (primary N) is 1. The number of piperidine rings is 1. The van der Waals surface area contributed by atoms with Crippen LogP contribution in [0.4, 0.5) is 5.69 Å². The van der Waals surface area contributed by atoms with Gasteiger partial charge in [-0.25, -0.2) is 0 Å². The number of carbonyl (C=O) groups is 2. The number of carbonyl (C=O) groups excluding carboxylic acids is 2. The van der Waals surface area contributed by atoms with Gasteiger partial charge < -0.3 is 15.5 Å². The molecule has 2 unspecified atom stereocenters. The van der Waals surface area contributed by atoms with Crippen molar-refractivity contribution in [1.82, 2.24) is 4.90 Å². The van der Waals surface area contributed by atoms with E-state index >= 15 is 0 Å². The Kier molecular flexibility index (Phi) is 6.49. The molecular weight excluding hydrogens is 397 g/mol. The van der Waals surface area contributed by atoms with Gasteiger partial charge in [0, 0.05) is 30.7 Å². The molecule has 2 saturated heterocycles. The molecule has 1 aromatic carbocycles. The Morgan fingerprint density at radius 1 is 1.23 bits per heavy atom. The Morgan fingerprint density at radius 2 is 1.92 bits per heavy atom. The monoisotopic (exact) mass is 419 g/mol. The molecule has 1 aromatic rings. The topological polar surface area (TPSA) is 66.6 Å². The number of amides is 2. The van der Waals surface area contributed by atoms with Crippen molar-refractivity contribution < 1.29 is 9.59 Å². The van der Waals surface area contributed by atoms with E-state index in [9.17, 15) is 9.59 Å². The lowest BCUT2D eigenvalue weighted by Crippen LogP contribution is -2.55. The van der Waals surface area contributed by atoms with E-state index in [-0.39, 0.29) is 35.7 Å². The van der Waals surface area contributed by atoms with E-state index in [1.165, 1.54) is 0 Å². The molecule has 0 bridgehead atoms. The minimum absolute atomic E-state index is 0. The van der Waals surface area contributed by atoms with Gasteiger partial charge in [-0.1, -0.05) is 37.0 Å². The second-order valence-corrected chi connectivity index (χ2v) is 8.41. The Hall–Kier alpha value is -1.01. The molecule has 26 heavy (non-hydrogen) atoms. The summed E-state index contributed by atoms with van der Waals surface area (Å²) in [5.74, 6) is -0.965. The molecule has 2 atom stereocenters. The second kappa shape index (κ2) is 7.93. The van der Waals surface area contributed by atoms with Crippen molar-refractivity contribution in [3.63, 3.8) is 0 Å². The van der Waals surface area contributed by atoms with Crippen LogP contribution in [0.15, 0.2) is 18.2 Å². The molecule has 0 saturated carbocycles. The minimum Gasteiger partial charge on any atom is -0.341 e. The minimum atomic E-state index is -0.653. The van der Waals surface area contributed by atoms with Crippen molar-refractivity contribution in [1.29, 1.82) is 0 Å². The third kappa shape index (κ3) is 3.96. The number of hydrogen-bond acceptors (Lipinski definition) is 3. The number of likely N-dealkylation sites (tertiary alicyclic amines) is 1. The maximum absolute atomic E-state index is 12.9. The summed E-state index contributed by atoms with van der Waals surface area (Å²) < 4.78 is 0. The van der Waals surface area contributed by atoms with Gasteiger partial charge in [0.15, 0.2) is 0 Å².